The molecule has 0 aliphatic heterocycles. The summed E-state index contributed by atoms with van der Waals surface area (Å²) in [5, 5.41) is 24.9. The van der Waals surface area contributed by atoms with Gasteiger partial charge in [-0.05, 0) is 0 Å². The number of Topliss-reactive ketones (excluding diaryl/α,β-unsaturated/α-hetero) is 2. The Morgan fingerprint density at radius 1 is 1.25 bits per heavy atom. The molecular formula is C6H8O6. The second kappa shape index (κ2) is 4.58. The van der Waals surface area contributed by atoms with Crippen LogP contribution in [0.5, 0.6) is 0 Å². The molecular weight excluding hydrogens is 168 g/mol. The van der Waals surface area contributed by atoms with Crippen LogP contribution in [0.15, 0.2) is 0 Å². The van der Waals surface area contributed by atoms with Crippen molar-refractivity contribution in [2.45, 2.75) is 12.5 Å². The van der Waals surface area contributed by atoms with Crippen LogP contribution in [-0.4, -0.2) is 45.6 Å². The van der Waals surface area contributed by atoms with Crippen molar-refractivity contribution < 1.29 is 29.7 Å². The monoisotopic (exact) mass is 176 g/mol. The maximum atomic E-state index is 10.6. The molecule has 0 amide bonds. The van der Waals surface area contributed by atoms with Gasteiger partial charge in [0.1, 0.15) is 6.10 Å². The molecule has 0 saturated carbocycles. The van der Waals surface area contributed by atoms with Crippen LogP contribution in [0.3, 0.4) is 0 Å². The first-order valence-corrected chi connectivity index (χ1v) is 3.06. The summed E-state index contributed by atoms with van der Waals surface area (Å²) >= 11 is 0. The van der Waals surface area contributed by atoms with Crippen molar-refractivity contribution in [2.75, 3.05) is 6.61 Å². The average molecular weight is 176 g/mol. The smallest absolute Gasteiger partial charge is 0.372 e. The molecule has 68 valence electrons. The maximum absolute atomic E-state index is 10.6. The molecule has 6 nitrogen and oxygen atoms in total. The summed E-state index contributed by atoms with van der Waals surface area (Å²) in [4.78, 5) is 30.9. The van der Waals surface area contributed by atoms with Gasteiger partial charge in [-0.25, -0.2) is 4.79 Å². The zero-order valence-corrected chi connectivity index (χ0v) is 6.06. The molecule has 0 aliphatic rings. The quantitative estimate of drug-likeness (QED) is 0.328. The summed E-state index contributed by atoms with van der Waals surface area (Å²) < 4.78 is 0. The van der Waals surface area contributed by atoms with E-state index in [9.17, 15) is 14.4 Å². The van der Waals surface area contributed by atoms with Crippen LogP contribution in [0.1, 0.15) is 6.42 Å². The highest BCUT2D eigenvalue weighted by atomic mass is 16.4. The lowest BCUT2D eigenvalue weighted by atomic mass is 10.1. The highest BCUT2D eigenvalue weighted by Crippen LogP contribution is 1.92. The van der Waals surface area contributed by atoms with Crippen LogP contribution < -0.4 is 0 Å². The topological polar surface area (TPSA) is 112 Å². The van der Waals surface area contributed by atoms with E-state index in [1.165, 1.54) is 0 Å². The van der Waals surface area contributed by atoms with Crippen LogP contribution in [-0.2, 0) is 14.4 Å². The molecule has 0 radical (unpaired) electrons. The Hall–Kier alpha value is -1.27. The van der Waals surface area contributed by atoms with Gasteiger partial charge in [0.2, 0.25) is 5.78 Å². The average Bonchev–Trinajstić information content (AvgIpc) is 2.02. The van der Waals surface area contributed by atoms with E-state index in [1.54, 1.807) is 0 Å². The van der Waals surface area contributed by atoms with E-state index < -0.39 is 36.7 Å². The first-order chi connectivity index (χ1) is 5.49. The summed E-state index contributed by atoms with van der Waals surface area (Å²) in [6.45, 7) is -0.814. The lowest BCUT2D eigenvalue weighted by Gasteiger charge is -2.02. The second-order valence-corrected chi connectivity index (χ2v) is 2.07. The van der Waals surface area contributed by atoms with E-state index in [0.717, 1.165) is 0 Å². The molecule has 0 aliphatic carbocycles. The SMILES string of the molecule is O=C(O)C(=O)CC(=O)[C@H](O)CO. The van der Waals surface area contributed by atoms with E-state index >= 15 is 0 Å². The molecule has 0 rings (SSSR count). The molecule has 0 spiro atoms. The maximum Gasteiger partial charge on any atom is 0.372 e. The van der Waals surface area contributed by atoms with E-state index in [1.807, 2.05) is 0 Å². The third kappa shape index (κ3) is 3.22. The van der Waals surface area contributed by atoms with E-state index in [2.05, 4.69) is 0 Å². The summed E-state index contributed by atoms with van der Waals surface area (Å²) in [5.41, 5.74) is 0. The van der Waals surface area contributed by atoms with Crippen molar-refractivity contribution in [1.29, 1.82) is 0 Å². The predicted molar refractivity (Wildman–Crippen MR) is 35.4 cm³/mol. The van der Waals surface area contributed by atoms with Crippen molar-refractivity contribution in [3.63, 3.8) is 0 Å². The first kappa shape index (κ1) is 10.7. The first-order valence-electron chi connectivity index (χ1n) is 3.06. The lowest BCUT2D eigenvalue weighted by Crippen LogP contribution is -2.28. The molecule has 0 heterocycles. The molecule has 3 N–H and O–H groups in total. The van der Waals surface area contributed by atoms with Crippen molar-refractivity contribution in [3.8, 4) is 0 Å². The molecule has 1 atom stereocenters. The van der Waals surface area contributed by atoms with Crippen LogP contribution in [0.25, 0.3) is 0 Å². The van der Waals surface area contributed by atoms with Crippen LogP contribution >= 0.6 is 0 Å². The largest absolute Gasteiger partial charge is 0.475 e. The van der Waals surface area contributed by atoms with E-state index in [0.29, 0.717) is 0 Å². The van der Waals surface area contributed by atoms with Gasteiger partial charge >= 0.3 is 5.97 Å². The number of hydrogen-bond donors (Lipinski definition) is 3. The zero-order chi connectivity index (χ0) is 9.72. The number of carbonyl (C=O) groups is 3. The van der Waals surface area contributed by atoms with Crippen LogP contribution in [0.4, 0.5) is 0 Å². The van der Waals surface area contributed by atoms with E-state index in [-0.39, 0.29) is 0 Å². The molecule has 0 aromatic rings. The van der Waals surface area contributed by atoms with Gasteiger partial charge in [0.05, 0.1) is 13.0 Å². The molecule has 0 bridgehead atoms. The fourth-order valence-electron chi connectivity index (χ4n) is 0.453. The minimum absolute atomic E-state index is 0.814. The van der Waals surface area contributed by atoms with E-state index in [4.69, 9.17) is 15.3 Å². The highest BCUT2D eigenvalue weighted by Gasteiger charge is 2.21. The normalized spacial score (nSPS) is 12.2. The minimum Gasteiger partial charge on any atom is -0.475 e. The van der Waals surface area contributed by atoms with Gasteiger partial charge in [0.25, 0.3) is 0 Å². The number of carbonyl (C=O) groups excluding carboxylic acids is 2. The number of carboxylic acid groups (broad SMARTS) is 1. The Morgan fingerprint density at radius 3 is 2.08 bits per heavy atom. The summed E-state index contributed by atoms with van der Waals surface area (Å²) in [7, 11) is 0. The van der Waals surface area contributed by atoms with Crippen molar-refractivity contribution in [3.05, 3.63) is 0 Å². The summed E-state index contributed by atoms with van der Waals surface area (Å²) in [5.74, 6) is -4.02. The fourth-order valence-corrected chi connectivity index (χ4v) is 0.453. The molecule has 6 heteroatoms. The molecule has 0 unspecified atom stereocenters. The third-order valence-corrected chi connectivity index (χ3v) is 1.12. The van der Waals surface area contributed by atoms with Gasteiger partial charge in [-0.3, -0.25) is 9.59 Å². The number of aliphatic carboxylic acids is 1. The molecule has 0 aromatic carbocycles. The number of carboxylic acids is 1. The number of ketones is 2. The molecule has 0 fully saturated rings. The van der Waals surface area contributed by atoms with Gasteiger partial charge in [-0.1, -0.05) is 0 Å². The lowest BCUT2D eigenvalue weighted by molar-refractivity contribution is -0.151. The van der Waals surface area contributed by atoms with Gasteiger partial charge in [-0.15, -0.1) is 0 Å². The predicted octanol–water partition coefficient (Wildman–Crippen LogP) is -2.05. The Bertz CT molecular complexity index is 208. The minimum atomic E-state index is -1.73. The van der Waals surface area contributed by atoms with Crippen molar-refractivity contribution >= 4 is 17.5 Å². The number of hydrogen-bond acceptors (Lipinski definition) is 5. The Balaban J connectivity index is 4.01. The molecule has 0 saturated heterocycles. The third-order valence-electron chi connectivity index (χ3n) is 1.12. The number of aliphatic hydroxyl groups is 2. The zero-order valence-electron chi connectivity index (χ0n) is 6.06. The number of aliphatic hydroxyl groups excluding tert-OH is 2. The van der Waals surface area contributed by atoms with Gasteiger partial charge in [0, 0.05) is 0 Å². The summed E-state index contributed by atoms with van der Waals surface area (Å²) in [6.07, 6.45) is -2.56. The van der Waals surface area contributed by atoms with Crippen molar-refractivity contribution in [1.82, 2.24) is 0 Å². The Morgan fingerprint density at radius 2 is 1.75 bits per heavy atom. The fraction of sp³-hybridized carbons (Fsp3) is 0.500. The van der Waals surface area contributed by atoms with Gasteiger partial charge in [0.15, 0.2) is 5.78 Å². The van der Waals surface area contributed by atoms with Crippen LogP contribution in [0.2, 0.25) is 0 Å². The Labute approximate surface area is 67.4 Å². The van der Waals surface area contributed by atoms with Crippen molar-refractivity contribution in [2.24, 2.45) is 0 Å². The highest BCUT2D eigenvalue weighted by molar-refractivity contribution is 6.36. The van der Waals surface area contributed by atoms with Gasteiger partial charge in [-0.2, -0.15) is 0 Å². The molecule has 12 heavy (non-hydrogen) atoms. The summed E-state index contributed by atoms with van der Waals surface area (Å²) in [6, 6.07) is 0. The molecule has 0 aromatic heterocycles. The van der Waals surface area contributed by atoms with Gasteiger partial charge < -0.3 is 15.3 Å². The van der Waals surface area contributed by atoms with Crippen LogP contribution in [0, 0.1) is 0 Å². The second-order valence-electron chi connectivity index (χ2n) is 2.07. The standard InChI is InChI=1S/C6H8O6/c7-2-5(10)3(8)1-4(9)6(11)12/h5,7,10H,1-2H2,(H,11,12)/t5-/m1/s1. The number of rotatable bonds is 5. The Kier molecular flexibility index (Phi) is 4.09.